The van der Waals surface area contributed by atoms with Crippen LogP contribution in [0.2, 0.25) is 0 Å². The van der Waals surface area contributed by atoms with Gasteiger partial charge in [-0.2, -0.15) is 0 Å². The van der Waals surface area contributed by atoms with Gasteiger partial charge in [0.05, 0.1) is 16.9 Å². The first kappa shape index (κ1) is 14.3. The molecule has 2 N–H and O–H groups in total. The molecule has 0 saturated carbocycles. The zero-order chi connectivity index (χ0) is 13.8. The summed E-state index contributed by atoms with van der Waals surface area (Å²) in [7, 11) is 0. The number of nitrogens with two attached hydrogens (primary N) is 1. The number of fused-ring (bicyclic) bond motifs is 1. The van der Waals surface area contributed by atoms with E-state index < -0.39 is 0 Å². The number of amides is 1. The Hall–Kier alpha value is -1.07. The third-order valence-electron chi connectivity index (χ3n) is 2.96. The minimum Gasteiger partial charge on any atom is -0.370 e. The molecule has 0 spiro atoms. The highest BCUT2D eigenvalue weighted by molar-refractivity contribution is 9.10. The van der Waals surface area contributed by atoms with E-state index in [0.717, 1.165) is 40.7 Å². The minimum absolute atomic E-state index is 0.253. The number of imidazole rings is 1. The lowest BCUT2D eigenvalue weighted by atomic mass is 10.2. The third-order valence-corrected chi connectivity index (χ3v) is 3.70. The Kier molecular flexibility index (Phi) is 4.82. The van der Waals surface area contributed by atoms with E-state index in [1.807, 2.05) is 18.2 Å². The predicted octanol–water partition coefficient (Wildman–Crippen LogP) is 3.19. The fraction of sp³-hybridized carbons (Fsp3) is 0.385. The standard InChI is InChI=1S/C13H15BrClN3O/c14-9-4-5-11-10(7-9)17-13(8-15)18(11)6-2-1-3-12(16)19/h4-5,7H,1-3,6,8H2,(H2,16,19). The molecule has 0 unspecified atom stereocenters. The lowest BCUT2D eigenvalue weighted by Crippen LogP contribution is -2.10. The highest BCUT2D eigenvalue weighted by Crippen LogP contribution is 2.22. The molecule has 0 fully saturated rings. The monoisotopic (exact) mass is 343 g/mol. The lowest BCUT2D eigenvalue weighted by Gasteiger charge is -2.07. The van der Waals surface area contributed by atoms with Crippen molar-refractivity contribution in [2.45, 2.75) is 31.7 Å². The maximum atomic E-state index is 10.7. The molecule has 2 rings (SSSR count). The van der Waals surface area contributed by atoms with Gasteiger partial charge in [0.1, 0.15) is 5.82 Å². The number of aryl methyl sites for hydroxylation is 1. The van der Waals surface area contributed by atoms with Gasteiger partial charge >= 0.3 is 0 Å². The number of aromatic nitrogens is 2. The molecule has 1 aromatic carbocycles. The fourth-order valence-corrected chi connectivity index (χ4v) is 2.63. The summed E-state index contributed by atoms with van der Waals surface area (Å²) in [6.45, 7) is 0.799. The van der Waals surface area contributed by atoms with Gasteiger partial charge in [0.15, 0.2) is 0 Å². The maximum Gasteiger partial charge on any atom is 0.217 e. The maximum absolute atomic E-state index is 10.7. The molecule has 1 heterocycles. The van der Waals surface area contributed by atoms with E-state index in [-0.39, 0.29) is 5.91 Å². The van der Waals surface area contributed by atoms with Gasteiger partial charge in [-0.3, -0.25) is 4.79 Å². The Morgan fingerprint density at radius 1 is 1.42 bits per heavy atom. The summed E-state index contributed by atoms with van der Waals surface area (Å²) in [5.41, 5.74) is 7.13. The molecule has 1 aromatic heterocycles. The number of hydrogen-bond donors (Lipinski definition) is 1. The van der Waals surface area contributed by atoms with Crippen LogP contribution in [0.5, 0.6) is 0 Å². The van der Waals surface area contributed by atoms with Crippen molar-refractivity contribution >= 4 is 44.5 Å². The van der Waals surface area contributed by atoms with E-state index in [2.05, 4.69) is 25.5 Å². The van der Waals surface area contributed by atoms with Crippen LogP contribution in [0.15, 0.2) is 22.7 Å². The summed E-state index contributed by atoms with van der Waals surface area (Å²) < 4.78 is 3.11. The third kappa shape index (κ3) is 3.48. The van der Waals surface area contributed by atoms with E-state index in [1.165, 1.54) is 0 Å². The first-order valence-corrected chi connectivity index (χ1v) is 7.43. The number of primary amides is 1. The average molecular weight is 345 g/mol. The molecule has 0 aliphatic rings. The molecule has 0 saturated heterocycles. The van der Waals surface area contributed by atoms with Gasteiger partial charge in [-0.15, -0.1) is 11.6 Å². The van der Waals surface area contributed by atoms with E-state index in [1.54, 1.807) is 0 Å². The molecule has 0 radical (unpaired) electrons. The summed E-state index contributed by atoms with van der Waals surface area (Å²) in [6, 6.07) is 5.99. The highest BCUT2D eigenvalue weighted by Gasteiger charge is 2.10. The molecule has 0 atom stereocenters. The lowest BCUT2D eigenvalue weighted by molar-refractivity contribution is -0.118. The Balaban J connectivity index is 2.18. The Morgan fingerprint density at radius 3 is 2.89 bits per heavy atom. The van der Waals surface area contributed by atoms with Crippen molar-refractivity contribution in [2.75, 3.05) is 0 Å². The molecule has 102 valence electrons. The van der Waals surface area contributed by atoms with Gasteiger partial charge in [0, 0.05) is 17.4 Å². The number of halogens is 2. The first-order chi connectivity index (χ1) is 9.11. The molecular formula is C13H15BrClN3O. The van der Waals surface area contributed by atoms with Gasteiger partial charge < -0.3 is 10.3 Å². The topological polar surface area (TPSA) is 60.9 Å². The minimum atomic E-state index is -0.253. The van der Waals surface area contributed by atoms with Gasteiger partial charge in [0.25, 0.3) is 0 Å². The van der Waals surface area contributed by atoms with Crippen molar-refractivity contribution in [3.63, 3.8) is 0 Å². The SMILES string of the molecule is NC(=O)CCCCn1c(CCl)nc2cc(Br)ccc21. The molecule has 0 bridgehead atoms. The van der Waals surface area contributed by atoms with Crippen molar-refractivity contribution in [3.05, 3.63) is 28.5 Å². The number of hydrogen-bond acceptors (Lipinski definition) is 2. The van der Waals surface area contributed by atoms with Crippen LogP contribution in [0.25, 0.3) is 11.0 Å². The quantitative estimate of drug-likeness (QED) is 0.646. The van der Waals surface area contributed by atoms with Crippen LogP contribution in [0.1, 0.15) is 25.1 Å². The van der Waals surface area contributed by atoms with Crippen molar-refractivity contribution in [1.82, 2.24) is 9.55 Å². The van der Waals surface area contributed by atoms with Crippen LogP contribution >= 0.6 is 27.5 Å². The normalized spacial score (nSPS) is 11.1. The molecule has 1 amide bonds. The first-order valence-electron chi connectivity index (χ1n) is 6.10. The largest absolute Gasteiger partial charge is 0.370 e. The van der Waals surface area contributed by atoms with E-state index in [4.69, 9.17) is 17.3 Å². The Labute approximate surface area is 125 Å². The smallest absolute Gasteiger partial charge is 0.217 e. The predicted molar refractivity (Wildman–Crippen MR) is 80.0 cm³/mol. The number of carbonyl (C=O) groups is 1. The van der Waals surface area contributed by atoms with Gasteiger partial charge in [-0.25, -0.2) is 4.98 Å². The zero-order valence-corrected chi connectivity index (χ0v) is 12.7. The van der Waals surface area contributed by atoms with Crippen molar-refractivity contribution in [2.24, 2.45) is 5.73 Å². The van der Waals surface area contributed by atoms with E-state index in [0.29, 0.717) is 12.3 Å². The van der Waals surface area contributed by atoms with Crippen LogP contribution in [0.3, 0.4) is 0 Å². The van der Waals surface area contributed by atoms with Gasteiger partial charge in [-0.05, 0) is 31.0 Å². The fourth-order valence-electron chi connectivity index (χ4n) is 2.07. The number of nitrogens with zero attached hydrogens (tertiary/aromatic N) is 2. The highest BCUT2D eigenvalue weighted by atomic mass is 79.9. The summed E-state index contributed by atoms with van der Waals surface area (Å²) in [5.74, 6) is 0.980. The number of rotatable bonds is 6. The second-order valence-corrected chi connectivity index (χ2v) is 5.55. The summed E-state index contributed by atoms with van der Waals surface area (Å²) >= 11 is 9.37. The summed E-state index contributed by atoms with van der Waals surface area (Å²) in [5, 5.41) is 0. The molecule has 6 heteroatoms. The number of benzene rings is 1. The number of unbranched alkanes of at least 4 members (excludes halogenated alkanes) is 1. The summed E-state index contributed by atoms with van der Waals surface area (Å²) in [4.78, 5) is 15.2. The second kappa shape index (κ2) is 6.39. The van der Waals surface area contributed by atoms with Crippen LogP contribution in [-0.2, 0) is 17.2 Å². The molecule has 4 nitrogen and oxygen atoms in total. The molecule has 0 aliphatic heterocycles. The van der Waals surface area contributed by atoms with E-state index >= 15 is 0 Å². The zero-order valence-electron chi connectivity index (χ0n) is 10.4. The number of alkyl halides is 1. The van der Waals surface area contributed by atoms with Gasteiger partial charge in [0.2, 0.25) is 5.91 Å². The molecule has 19 heavy (non-hydrogen) atoms. The van der Waals surface area contributed by atoms with Gasteiger partial charge in [-0.1, -0.05) is 15.9 Å². The van der Waals surface area contributed by atoms with Crippen LogP contribution in [-0.4, -0.2) is 15.5 Å². The Bertz CT molecular complexity index is 597. The number of carbonyl (C=O) groups excluding carboxylic acids is 1. The Morgan fingerprint density at radius 2 is 2.21 bits per heavy atom. The van der Waals surface area contributed by atoms with Crippen LogP contribution in [0.4, 0.5) is 0 Å². The molecule has 2 aromatic rings. The average Bonchev–Trinajstić information content (AvgIpc) is 2.71. The van der Waals surface area contributed by atoms with Crippen molar-refractivity contribution < 1.29 is 4.79 Å². The molecule has 0 aliphatic carbocycles. The molecular weight excluding hydrogens is 330 g/mol. The van der Waals surface area contributed by atoms with Crippen molar-refractivity contribution in [1.29, 1.82) is 0 Å². The van der Waals surface area contributed by atoms with Crippen LogP contribution < -0.4 is 5.73 Å². The van der Waals surface area contributed by atoms with Crippen LogP contribution in [0, 0.1) is 0 Å². The van der Waals surface area contributed by atoms with E-state index in [9.17, 15) is 4.79 Å². The summed E-state index contributed by atoms with van der Waals surface area (Å²) in [6.07, 6.45) is 2.09. The second-order valence-electron chi connectivity index (χ2n) is 4.37. The van der Waals surface area contributed by atoms with Crippen molar-refractivity contribution in [3.8, 4) is 0 Å².